The molecule has 2 rings (SSSR count). The van der Waals surface area contributed by atoms with Gasteiger partial charge in [0.05, 0.1) is 6.26 Å². The molecular weight excluding hydrogens is 250 g/mol. The van der Waals surface area contributed by atoms with E-state index >= 15 is 0 Å². The summed E-state index contributed by atoms with van der Waals surface area (Å²) >= 11 is 0. The van der Waals surface area contributed by atoms with E-state index in [1.165, 1.54) is 19.1 Å². The van der Waals surface area contributed by atoms with E-state index in [1.807, 2.05) is 0 Å². The lowest BCUT2D eigenvalue weighted by Crippen LogP contribution is -2.53. The number of nitrogens with zero attached hydrogens (tertiary/aromatic N) is 2. The van der Waals surface area contributed by atoms with Crippen LogP contribution in [-0.2, 0) is 10.0 Å². The third-order valence-corrected chi connectivity index (χ3v) is 5.34. The molecule has 0 spiro atoms. The molecule has 106 valence electrons. The summed E-state index contributed by atoms with van der Waals surface area (Å²) in [6.45, 7) is 7.49. The van der Waals surface area contributed by atoms with Crippen LogP contribution >= 0.6 is 0 Å². The van der Waals surface area contributed by atoms with Crippen LogP contribution in [0.15, 0.2) is 0 Å². The number of hydrogen-bond acceptors (Lipinski definition) is 4. The van der Waals surface area contributed by atoms with Crippen LogP contribution < -0.4 is 5.32 Å². The van der Waals surface area contributed by atoms with E-state index in [0.717, 1.165) is 32.1 Å². The molecule has 5 nitrogen and oxygen atoms in total. The number of piperidine rings is 1. The van der Waals surface area contributed by atoms with Crippen LogP contribution in [0.25, 0.3) is 0 Å². The maximum Gasteiger partial charge on any atom is 0.211 e. The Hall–Kier alpha value is -0.170. The minimum atomic E-state index is -3.00. The van der Waals surface area contributed by atoms with Gasteiger partial charge in [-0.3, -0.25) is 4.90 Å². The van der Waals surface area contributed by atoms with E-state index in [-0.39, 0.29) is 0 Å². The molecule has 1 N–H and O–H groups in total. The van der Waals surface area contributed by atoms with Crippen LogP contribution in [0, 0.1) is 5.92 Å². The molecule has 2 fully saturated rings. The Morgan fingerprint density at radius 2 is 1.89 bits per heavy atom. The summed E-state index contributed by atoms with van der Waals surface area (Å²) in [5.74, 6) is 0.813. The molecule has 2 saturated heterocycles. The summed E-state index contributed by atoms with van der Waals surface area (Å²) in [6, 6.07) is 0.582. The normalized spacial score (nSPS) is 32.6. The lowest BCUT2D eigenvalue weighted by atomic mass is 9.94. The SMILES string of the molecule is CC1CCNC(CN2CCN(S(C)(=O)=O)CC2)C1. The van der Waals surface area contributed by atoms with Crippen molar-refractivity contribution in [2.24, 2.45) is 5.92 Å². The van der Waals surface area contributed by atoms with Gasteiger partial charge >= 0.3 is 0 Å². The van der Waals surface area contributed by atoms with Crippen molar-refractivity contribution in [3.63, 3.8) is 0 Å². The highest BCUT2D eigenvalue weighted by atomic mass is 32.2. The molecule has 0 aromatic carbocycles. The highest BCUT2D eigenvalue weighted by molar-refractivity contribution is 7.88. The Kier molecular flexibility index (Phi) is 4.64. The fourth-order valence-corrected chi connectivity index (χ4v) is 3.74. The molecule has 2 atom stereocenters. The van der Waals surface area contributed by atoms with Gasteiger partial charge in [-0.05, 0) is 25.3 Å². The quantitative estimate of drug-likeness (QED) is 0.785. The van der Waals surface area contributed by atoms with Crippen molar-refractivity contribution in [3.8, 4) is 0 Å². The Bertz CT molecular complexity index is 364. The summed E-state index contributed by atoms with van der Waals surface area (Å²) < 4.78 is 24.4. The van der Waals surface area contributed by atoms with E-state index < -0.39 is 10.0 Å². The molecule has 2 unspecified atom stereocenters. The van der Waals surface area contributed by atoms with Gasteiger partial charge in [0.25, 0.3) is 0 Å². The number of hydrogen-bond donors (Lipinski definition) is 1. The van der Waals surface area contributed by atoms with Crippen molar-refractivity contribution in [3.05, 3.63) is 0 Å². The van der Waals surface area contributed by atoms with Gasteiger partial charge in [0.1, 0.15) is 0 Å². The monoisotopic (exact) mass is 275 g/mol. The average Bonchev–Trinajstić information content (AvgIpc) is 2.28. The van der Waals surface area contributed by atoms with Gasteiger partial charge in [0.2, 0.25) is 10.0 Å². The van der Waals surface area contributed by atoms with Crippen LogP contribution in [0.2, 0.25) is 0 Å². The minimum absolute atomic E-state index is 0.582. The van der Waals surface area contributed by atoms with Crippen LogP contribution in [0.1, 0.15) is 19.8 Å². The zero-order chi connectivity index (χ0) is 13.2. The smallest absolute Gasteiger partial charge is 0.211 e. The summed E-state index contributed by atoms with van der Waals surface area (Å²) in [6.07, 6.45) is 3.82. The van der Waals surface area contributed by atoms with Gasteiger partial charge in [0, 0.05) is 38.8 Å². The molecule has 0 aliphatic carbocycles. The molecule has 2 aliphatic heterocycles. The van der Waals surface area contributed by atoms with Gasteiger partial charge in [-0.1, -0.05) is 6.92 Å². The summed E-state index contributed by atoms with van der Waals surface area (Å²) in [7, 11) is -3.00. The van der Waals surface area contributed by atoms with Gasteiger partial charge < -0.3 is 5.32 Å². The number of rotatable bonds is 3. The molecule has 6 heteroatoms. The highest BCUT2D eigenvalue weighted by Crippen LogP contribution is 2.16. The molecule has 2 aliphatic rings. The summed E-state index contributed by atoms with van der Waals surface area (Å²) in [5.41, 5.74) is 0. The van der Waals surface area contributed by atoms with Crippen molar-refractivity contribution in [2.75, 3.05) is 45.5 Å². The summed E-state index contributed by atoms with van der Waals surface area (Å²) in [4.78, 5) is 2.39. The van der Waals surface area contributed by atoms with Crippen LogP contribution in [0.5, 0.6) is 0 Å². The second-order valence-corrected chi connectivity index (χ2v) is 7.73. The van der Waals surface area contributed by atoms with Gasteiger partial charge in [0.15, 0.2) is 0 Å². The van der Waals surface area contributed by atoms with Gasteiger partial charge in [-0.25, -0.2) is 8.42 Å². The van der Waals surface area contributed by atoms with E-state index in [4.69, 9.17) is 0 Å². The maximum absolute atomic E-state index is 11.4. The Morgan fingerprint density at radius 3 is 2.44 bits per heavy atom. The van der Waals surface area contributed by atoms with Crippen LogP contribution in [0.4, 0.5) is 0 Å². The molecule has 0 radical (unpaired) electrons. The van der Waals surface area contributed by atoms with Crippen molar-refractivity contribution in [2.45, 2.75) is 25.8 Å². The van der Waals surface area contributed by atoms with Gasteiger partial charge in [-0.15, -0.1) is 0 Å². The summed E-state index contributed by atoms with van der Waals surface area (Å²) in [5, 5.41) is 3.56. The Morgan fingerprint density at radius 1 is 1.22 bits per heavy atom. The van der Waals surface area contributed by atoms with E-state index in [2.05, 4.69) is 17.1 Å². The minimum Gasteiger partial charge on any atom is -0.313 e. The lowest BCUT2D eigenvalue weighted by Gasteiger charge is -2.37. The fraction of sp³-hybridized carbons (Fsp3) is 1.00. The molecule has 0 aromatic rings. The number of sulfonamides is 1. The number of piperazine rings is 1. The predicted octanol–water partition coefficient (Wildman–Crippen LogP) is -0.0483. The third-order valence-electron chi connectivity index (χ3n) is 4.04. The lowest BCUT2D eigenvalue weighted by molar-refractivity contribution is 0.156. The first-order valence-corrected chi connectivity index (χ1v) is 8.71. The maximum atomic E-state index is 11.4. The van der Waals surface area contributed by atoms with E-state index in [0.29, 0.717) is 19.1 Å². The molecule has 18 heavy (non-hydrogen) atoms. The Labute approximate surface area is 111 Å². The van der Waals surface area contributed by atoms with E-state index in [9.17, 15) is 8.42 Å². The molecule has 0 aromatic heterocycles. The fourth-order valence-electron chi connectivity index (χ4n) is 2.92. The second-order valence-electron chi connectivity index (χ2n) is 5.74. The Balaban J connectivity index is 1.76. The first kappa shape index (κ1) is 14.2. The molecule has 0 bridgehead atoms. The standard InChI is InChI=1S/C12H25N3O2S/c1-11-3-4-13-12(9-11)10-14-5-7-15(8-6-14)18(2,16)17/h11-13H,3-10H2,1-2H3. The molecule has 2 heterocycles. The van der Waals surface area contributed by atoms with Crippen molar-refractivity contribution in [1.82, 2.24) is 14.5 Å². The van der Waals surface area contributed by atoms with Crippen molar-refractivity contribution in [1.29, 1.82) is 0 Å². The second kappa shape index (κ2) is 5.86. The topological polar surface area (TPSA) is 52.6 Å². The number of nitrogens with one attached hydrogen (secondary N) is 1. The third kappa shape index (κ3) is 3.91. The highest BCUT2D eigenvalue weighted by Gasteiger charge is 2.26. The van der Waals surface area contributed by atoms with E-state index in [1.54, 1.807) is 4.31 Å². The first-order chi connectivity index (χ1) is 8.45. The van der Waals surface area contributed by atoms with Crippen LogP contribution in [-0.4, -0.2) is 69.2 Å². The predicted molar refractivity (Wildman–Crippen MR) is 73.0 cm³/mol. The molecule has 0 saturated carbocycles. The van der Waals surface area contributed by atoms with Crippen LogP contribution in [0.3, 0.4) is 0 Å². The average molecular weight is 275 g/mol. The van der Waals surface area contributed by atoms with Crippen molar-refractivity contribution < 1.29 is 8.42 Å². The largest absolute Gasteiger partial charge is 0.313 e. The van der Waals surface area contributed by atoms with Gasteiger partial charge in [-0.2, -0.15) is 4.31 Å². The van der Waals surface area contributed by atoms with Crippen molar-refractivity contribution >= 4 is 10.0 Å². The zero-order valence-electron chi connectivity index (χ0n) is 11.4. The first-order valence-electron chi connectivity index (χ1n) is 6.86. The zero-order valence-corrected chi connectivity index (χ0v) is 12.2. The molecular formula is C12H25N3O2S. The molecule has 0 amide bonds.